The number of anilines is 1. The number of nitro groups is 1. The lowest BCUT2D eigenvalue weighted by atomic mass is 10.1. The third-order valence-corrected chi connectivity index (χ3v) is 3.19. The molecule has 2 rings (SSSR count). The Hall–Kier alpha value is -1.62. The number of nitrogens with two attached hydrogens (primary N) is 1. The maximum atomic E-state index is 10.7. The van der Waals surface area contributed by atoms with Crippen molar-refractivity contribution in [2.45, 2.75) is 25.8 Å². The molecular weight excluding hydrogens is 218 g/mol. The Morgan fingerprint density at radius 2 is 2.29 bits per heavy atom. The smallest absolute Gasteiger partial charge is 0.272 e. The normalized spacial score (nSPS) is 16.6. The molecule has 0 spiro atoms. The molecule has 5 heteroatoms. The monoisotopic (exact) mass is 235 g/mol. The Bertz CT molecular complexity index is 430. The summed E-state index contributed by atoms with van der Waals surface area (Å²) in [5, 5.41) is 14.0. The van der Waals surface area contributed by atoms with Gasteiger partial charge in [0, 0.05) is 29.9 Å². The maximum Gasteiger partial charge on any atom is 0.272 e. The van der Waals surface area contributed by atoms with Crippen molar-refractivity contribution in [1.82, 2.24) is 0 Å². The molecule has 0 heterocycles. The van der Waals surface area contributed by atoms with Gasteiger partial charge in [-0.25, -0.2) is 0 Å². The van der Waals surface area contributed by atoms with Crippen LogP contribution in [0.15, 0.2) is 18.2 Å². The third kappa shape index (κ3) is 2.74. The SMILES string of the molecule is Cc1cc(NC(CN)C2CC2)ccc1[N+](=O)[O-]. The van der Waals surface area contributed by atoms with Crippen LogP contribution in [-0.2, 0) is 0 Å². The Kier molecular flexibility index (Phi) is 3.28. The largest absolute Gasteiger partial charge is 0.381 e. The summed E-state index contributed by atoms with van der Waals surface area (Å²) in [5.41, 5.74) is 7.45. The van der Waals surface area contributed by atoms with Crippen molar-refractivity contribution < 1.29 is 4.92 Å². The van der Waals surface area contributed by atoms with Crippen molar-refractivity contribution in [3.05, 3.63) is 33.9 Å². The number of nitrogens with zero attached hydrogens (tertiary/aromatic N) is 1. The summed E-state index contributed by atoms with van der Waals surface area (Å²) < 4.78 is 0. The van der Waals surface area contributed by atoms with Gasteiger partial charge in [0.1, 0.15) is 0 Å². The zero-order chi connectivity index (χ0) is 12.4. The van der Waals surface area contributed by atoms with Gasteiger partial charge in [-0.05, 0) is 37.8 Å². The van der Waals surface area contributed by atoms with Gasteiger partial charge in [-0.15, -0.1) is 0 Å². The zero-order valence-electron chi connectivity index (χ0n) is 9.85. The predicted octanol–water partition coefficient (Wildman–Crippen LogP) is 2.05. The molecule has 1 unspecified atom stereocenters. The Balaban J connectivity index is 2.11. The van der Waals surface area contributed by atoms with Crippen LogP contribution in [-0.4, -0.2) is 17.5 Å². The fraction of sp³-hybridized carbons (Fsp3) is 0.500. The lowest BCUT2D eigenvalue weighted by molar-refractivity contribution is -0.385. The molecule has 1 aliphatic carbocycles. The van der Waals surface area contributed by atoms with E-state index in [1.807, 2.05) is 6.07 Å². The van der Waals surface area contributed by atoms with Crippen LogP contribution in [0.25, 0.3) is 0 Å². The molecule has 3 N–H and O–H groups in total. The number of hydrogen-bond acceptors (Lipinski definition) is 4. The van der Waals surface area contributed by atoms with Gasteiger partial charge >= 0.3 is 0 Å². The highest BCUT2D eigenvalue weighted by Gasteiger charge is 2.30. The summed E-state index contributed by atoms with van der Waals surface area (Å²) in [6.45, 7) is 2.35. The van der Waals surface area contributed by atoms with Crippen molar-refractivity contribution in [3.63, 3.8) is 0 Å². The van der Waals surface area contributed by atoms with E-state index in [1.165, 1.54) is 18.9 Å². The van der Waals surface area contributed by atoms with E-state index in [2.05, 4.69) is 5.32 Å². The highest BCUT2D eigenvalue weighted by atomic mass is 16.6. The van der Waals surface area contributed by atoms with Crippen molar-refractivity contribution in [1.29, 1.82) is 0 Å². The average Bonchev–Trinajstić information content (AvgIpc) is 3.09. The average molecular weight is 235 g/mol. The minimum Gasteiger partial charge on any atom is -0.381 e. The Labute approximate surface area is 100 Å². The van der Waals surface area contributed by atoms with Crippen molar-refractivity contribution >= 4 is 11.4 Å². The number of nitro benzene ring substituents is 1. The molecule has 0 saturated heterocycles. The van der Waals surface area contributed by atoms with E-state index in [0.29, 0.717) is 18.0 Å². The van der Waals surface area contributed by atoms with Crippen LogP contribution >= 0.6 is 0 Å². The Morgan fingerprint density at radius 3 is 2.76 bits per heavy atom. The molecule has 92 valence electrons. The lowest BCUT2D eigenvalue weighted by Crippen LogP contribution is -2.30. The summed E-state index contributed by atoms with van der Waals surface area (Å²) in [6.07, 6.45) is 2.45. The molecule has 1 aliphatic rings. The van der Waals surface area contributed by atoms with Crippen molar-refractivity contribution in [2.24, 2.45) is 11.7 Å². The van der Waals surface area contributed by atoms with Gasteiger partial charge in [0.25, 0.3) is 5.69 Å². The van der Waals surface area contributed by atoms with Crippen LogP contribution in [0.5, 0.6) is 0 Å². The molecule has 1 aromatic carbocycles. The van der Waals surface area contributed by atoms with E-state index in [4.69, 9.17) is 5.73 Å². The van der Waals surface area contributed by atoms with Crippen LogP contribution in [0.3, 0.4) is 0 Å². The standard InChI is InChI=1S/C12H17N3O2/c1-8-6-10(4-5-12(8)15(16)17)14-11(7-13)9-2-3-9/h4-6,9,11,14H,2-3,7,13H2,1H3. The molecule has 1 saturated carbocycles. The summed E-state index contributed by atoms with van der Waals surface area (Å²) in [6, 6.07) is 5.38. The molecule has 0 radical (unpaired) electrons. The number of rotatable bonds is 5. The molecule has 0 amide bonds. The molecular formula is C12H17N3O2. The van der Waals surface area contributed by atoms with E-state index < -0.39 is 0 Å². The van der Waals surface area contributed by atoms with E-state index >= 15 is 0 Å². The van der Waals surface area contributed by atoms with Crippen LogP contribution in [0.2, 0.25) is 0 Å². The number of benzene rings is 1. The van der Waals surface area contributed by atoms with Crippen LogP contribution in [0.4, 0.5) is 11.4 Å². The third-order valence-electron chi connectivity index (χ3n) is 3.19. The molecule has 1 fully saturated rings. The Morgan fingerprint density at radius 1 is 1.59 bits per heavy atom. The maximum absolute atomic E-state index is 10.7. The van der Waals surface area contributed by atoms with Gasteiger partial charge in [-0.1, -0.05) is 0 Å². The minimum absolute atomic E-state index is 0.159. The second-order valence-electron chi connectivity index (χ2n) is 4.58. The van der Waals surface area contributed by atoms with Gasteiger partial charge in [0.2, 0.25) is 0 Å². The fourth-order valence-corrected chi connectivity index (χ4v) is 2.03. The minimum atomic E-state index is -0.361. The van der Waals surface area contributed by atoms with E-state index in [-0.39, 0.29) is 16.7 Å². The molecule has 1 atom stereocenters. The van der Waals surface area contributed by atoms with Crippen molar-refractivity contribution in [3.8, 4) is 0 Å². The highest BCUT2D eigenvalue weighted by molar-refractivity contribution is 5.54. The fourth-order valence-electron chi connectivity index (χ4n) is 2.03. The number of hydrogen-bond donors (Lipinski definition) is 2. The summed E-state index contributed by atoms with van der Waals surface area (Å²) >= 11 is 0. The van der Waals surface area contributed by atoms with Gasteiger partial charge < -0.3 is 11.1 Å². The predicted molar refractivity (Wildman–Crippen MR) is 67.0 cm³/mol. The topological polar surface area (TPSA) is 81.2 Å². The van der Waals surface area contributed by atoms with Gasteiger partial charge in [0.05, 0.1) is 4.92 Å². The quantitative estimate of drug-likeness (QED) is 0.604. The first-order valence-electron chi connectivity index (χ1n) is 5.83. The lowest BCUT2D eigenvalue weighted by Gasteiger charge is -2.17. The first kappa shape index (κ1) is 11.9. The van der Waals surface area contributed by atoms with Gasteiger partial charge in [0.15, 0.2) is 0 Å². The molecule has 1 aromatic rings. The van der Waals surface area contributed by atoms with Crippen LogP contribution in [0, 0.1) is 23.0 Å². The van der Waals surface area contributed by atoms with Crippen LogP contribution < -0.4 is 11.1 Å². The second-order valence-corrected chi connectivity index (χ2v) is 4.58. The van der Waals surface area contributed by atoms with Gasteiger partial charge in [-0.2, -0.15) is 0 Å². The highest BCUT2D eigenvalue weighted by Crippen LogP contribution is 2.34. The number of aryl methyl sites for hydroxylation is 1. The molecule has 0 bridgehead atoms. The van der Waals surface area contributed by atoms with E-state index in [9.17, 15) is 10.1 Å². The molecule has 0 aromatic heterocycles. The first-order valence-corrected chi connectivity index (χ1v) is 5.83. The summed E-state index contributed by atoms with van der Waals surface area (Å²) in [4.78, 5) is 10.3. The van der Waals surface area contributed by atoms with Gasteiger partial charge in [-0.3, -0.25) is 10.1 Å². The zero-order valence-corrected chi connectivity index (χ0v) is 9.85. The number of nitrogens with one attached hydrogen (secondary N) is 1. The first-order chi connectivity index (χ1) is 8.11. The van der Waals surface area contributed by atoms with E-state index in [0.717, 1.165) is 5.69 Å². The van der Waals surface area contributed by atoms with Crippen molar-refractivity contribution in [2.75, 3.05) is 11.9 Å². The molecule has 17 heavy (non-hydrogen) atoms. The molecule has 5 nitrogen and oxygen atoms in total. The summed E-state index contributed by atoms with van der Waals surface area (Å²) in [7, 11) is 0. The molecule has 0 aliphatic heterocycles. The summed E-state index contributed by atoms with van der Waals surface area (Å²) in [5.74, 6) is 0.662. The second kappa shape index (κ2) is 4.71. The van der Waals surface area contributed by atoms with E-state index in [1.54, 1.807) is 13.0 Å². The van der Waals surface area contributed by atoms with Crippen LogP contribution in [0.1, 0.15) is 18.4 Å².